The van der Waals surface area contributed by atoms with Crippen molar-refractivity contribution in [2.24, 2.45) is 0 Å². The van der Waals surface area contributed by atoms with E-state index in [-0.39, 0.29) is 0 Å². The zero-order valence-electron chi connectivity index (χ0n) is 8.92. The molecular weight excluding hydrogens is 166 g/mol. The van der Waals surface area contributed by atoms with Gasteiger partial charge in [0.15, 0.2) is 13.5 Å². The van der Waals surface area contributed by atoms with Gasteiger partial charge in [0.25, 0.3) is 0 Å². The molecule has 0 bridgehead atoms. The molecule has 1 heterocycles. The SMILES string of the molecule is CCOC[N+]1(COC)CCCCC1. The van der Waals surface area contributed by atoms with Crippen LogP contribution in [0.2, 0.25) is 0 Å². The first-order valence-electron chi connectivity index (χ1n) is 5.25. The highest BCUT2D eigenvalue weighted by Gasteiger charge is 2.29. The Morgan fingerprint density at radius 3 is 2.31 bits per heavy atom. The smallest absolute Gasteiger partial charge is 0.184 e. The molecule has 1 aliphatic heterocycles. The molecular formula is C10H22NO2+. The van der Waals surface area contributed by atoms with Crippen LogP contribution in [-0.4, -0.2) is 44.8 Å². The van der Waals surface area contributed by atoms with E-state index in [4.69, 9.17) is 9.47 Å². The monoisotopic (exact) mass is 188 g/mol. The number of rotatable bonds is 5. The van der Waals surface area contributed by atoms with Gasteiger partial charge in [-0.15, -0.1) is 0 Å². The van der Waals surface area contributed by atoms with Gasteiger partial charge in [-0.05, 0) is 26.2 Å². The van der Waals surface area contributed by atoms with E-state index >= 15 is 0 Å². The van der Waals surface area contributed by atoms with Crippen molar-refractivity contribution in [2.45, 2.75) is 26.2 Å². The number of quaternary nitrogens is 1. The quantitative estimate of drug-likeness (QED) is 0.610. The Labute approximate surface area is 81.2 Å². The van der Waals surface area contributed by atoms with Crippen LogP contribution in [0.15, 0.2) is 0 Å². The van der Waals surface area contributed by atoms with Crippen LogP contribution in [0.4, 0.5) is 0 Å². The maximum Gasteiger partial charge on any atom is 0.184 e. The molecule has 78 valence electrons. The number of nitrogens with zero attached hydrogens (tertiary/aromatic N) is 1. The van der Waals surface area contributed by atoms with Crippen LogP contribution in [0.25, 0.3) is 0 Å². The number of piperidine rings is 1. The summed E-state index contributed by atoms with van der Waals surface area (Å²) in [6, 6.07) is 0. The Hall–Kier alpha value is -0.120. The van der Waals surface area contributed by atoms with Crippen molar-refractivity contribution in [1.82, 2.24) is 0 Å². The number of hydrogen-bond acceptors (Lipinski definition) is 2. The first-order valence-corrected chi connectivity index (χ1v) is 5.25. The second-order valence-corrected chi connectivity index (χ2v) is 3.89. The van der Waals surface area contributed by atoms with E-state index in [9.17, 15) is 0 Å². The summed E-state index contributed by atoms with van der Waals surface area (Å²) in [6.07, 6.45) is 4.00. The Balaban J connectivity index is 2.40. The molecule has 0 amide bonds. The van der Waals surface area contributed by atoms with Crippen molar-refractivity contribution in [3.63, 3.8) is 0 Å². The van der Waals surface area contributed by atoms with E-state index in [2.05, 4.69) is 0 Å². The third-order valence-electron chi connectivity index (χ3n) is 2.74. The summed E-state index contributed by atoms with van der Waals surface area (Å²) in [5.41, 5.74) is 0. The van der Waals surface area contributed by atoms with E-state index < -0.39 is 0 Å². The summed E-state index contributed by atoms with van der Waals surface area (Å²) in [7, 11) is 1.78. The van der Waals surface area contributed by atoms with Crippen molar-refractivity contribution >= 4 is 0 Å². The molecule has 0 aromatic heterocycles. The molecule has 0 atom stereocenters. The molecule has 1 saturated heterocycles. The fourth-order valence-electron chi connectivity index (χ4n) is 2.04. The molecule has 0 aliphatic carbocycles. The third-order valence-corrected chi connectivity index (χ3v) is 2.74. The van der Waals surface area contributed by atoms with Gasteiger partial charge < -0.3 is 9.47 Å². The van der Waals surface area contributed by atoms with Gasteiger partial charge in [-0.2, -0.15) is 0 Å². The van der Waals surface area contributed by atoms with E-state index in [1.165, 1.54) is 32.4 Å². The minimum atomic E-state index is 0.806. The molecule has 1 fully saturated rings. The van der Waals surface area contributed by atoms with Gasteiger partial charge in [-0.1, -0.05) is 0 Å². The van der Waals surface area contributed by atoms with Gasteiger partial charge in [0.1, 0.15) is 0 Å². The number of methoxy groups -OCH3 is 1. The standard InChI is InChI=1S/C10H22NO2/c1-3-13-10-11(9-12-2)7-5-4-6-8-11/h3-10H2,1-2H3/q+1. The van der Waals surface area contributed by atoms with E-state index in [0.29, 0.717) is 0 Å². The van der Waals surface area contributed by atoms with Gasteiger partial charge in [0.05, 0.1) is 13.1 Å². The number of likely N-dealkylation sites (tertiary alicyclic amines) is 1. The van der Waals surface area contributed by atoms with Crippen LogP contribution in [0.1, 0.15) is 26.2 Å². The van der Waals surface area contributed by atoms with Crippen LogP contribution in [0, 0.1) is 0 Å². The van der Waals surface area contributed by atoms with Crippen LogP contribution < -0.4 is 0 Å². The van der Waals surface area contributed by atoms with E-state index in [0.717, 1.165) is 24.6 Å². The maximum absolute atomic E-state index is 5.52. The van der Waals surface area contributed by atoms with Gasteiger partial charge >= 0.3 is 0 Å². The lowest BCUT2D eigenvalue weighted by Crippen LogP contribution is -2.53. The number of hydrogen-bond donors (Lipinski definition) is 0. The van der Waals surface area contributed by atoms with E-state index in [1.54, 1.807) is 7.11 Å². The van der Waals surface area contributed by atoms with Crippen molar-refractivity contribution in [2.75, 3.05) is 40.3 Å². The Morgan fingerprint density at radius 2 is 1.77 bits per heavy atom. The molecule has 1 aliphatic rings. The van der Waals surface area contributed by atoms with Crippen molar-refractivity contribution < 1.29 is 14.0 Å². The summed E-state index contributed by atoms with van der Waals surface area (Å²) in [6.45, 7) is 6.92. The van der Waals surface area contributed by atoms with Gasteiger partial charge in [-0.25, -0.2) is 0 Å². The minimum absolute atomic E-state index is 0.806. The lowest BCUT2D eigenvalue weighted by atomic mass is 10.1. The fourth-order valence-corrected chi connectivity index (χ4v) is 2.04. The molecule has 0 spiro atoms. The summed E-state index contributed by atoms with van der Waals surface area (Å²) in [4.78, 5) is 0. The summed E-state index contributed by atoms with van der Waals surface area (Å²) in [5, 5.41) is 0. The van der Waals surface area contributed by atoms with Gasteiger partial charge in [0, 0.05) is 13.7 Å². The zero-order valence-corrected chi connectivity index (χ0v) is 8.92. The molecule has 0 unspecified atom stereocenters. The average Bonchev–Trinajstić information content (AvgIpc) is 2.17. The largest absolute Gasteiger partial charge is 0.335 e. The molecule has 0 radical (unpaired) electrons. The van der Waals surface area contributed by atoms with Crippen LogP contribution >= 0.6 is 0 Å². The molecule has 3 nitrogen and oxygen atoms in total. The average molecular weight is 188 g/mol. The maximum atomic E-state index is 5.52. The molecule has 0 N–H and O–H groups in total. The first kappa shape index (κ1) is 11.0. The lowest BCUT2D eigenvalue weighted by Gasteiger charge is -2.39. The molecule has 3 heteroatoms. The Bertz CT molecular complexity index is 127. The van der Waals surface area contributed by atoms with Gasteiger partial charge in [-0.3, -0.25) is 4.48 Å². The highest BCUT2D eigenvalue weighted by atomic mass is 16.5. The van der Waals surface area contributed by atoms with Crippen molar-refractivity contribution in [3.05, 3.63) is 0 Å². The first-order chi connectivity index (χ1) is 6.33. The molecule has 1 rings (SSSR count). The molecule has 0 saturated carbocycles. The highest BCUT2D eigenvalue weighted by molar-refractivity contribution is 4.50. The molecule has 0 aromatic carbocycles. The van der Waals surface area contributed by atoms with Crippen molar-refractivity contribution in [1.29, 1.82) is 0 Å². The highest BCUT2D eigenvalue weighted by Crippen LogP contribution is 2.18. The predicted octanol–water partition coefficient (Wildman–Crippen LogP) is 1.59. The Morgan fingerprint density at radius 1 is 1.08 bits per heavy atom. The lowest BCUT2D eigenvalue weighted by molar-refractivity contribution is -0.965. The fraction of sp³-hybridized carbons (Fsp3) is 1.00. The minimum Gasteiger partial charge on any atom is -0.335 e. The van der Waals surface area contributed by atoms with E-state index in [1.807, 2.05) is 6.92 Å². The normalized spacial score (nSPS) is 21.7. The number of ether oxygens (including phenoxy) is 2. The second kappa shape index (κ2) is 5.58. The summed E-state index contributed by atoms with van der Waals surface area (Å²) >= 11 is 0. The molecule has 13 heavy (non-hydrogen) atoms. The third kappa shape index (κ3) is 3.25. The van der Waals surface area contributed by atoms with Gasteiger partial charge in [0.2, 0.25) is 0 Å². The zero-order chi connectivity index (χ0) is 9.57. The summed E-state index contributed by atoms with van der Waals surface area (Å²) in [5.74, 6) is 0. The topological polar surface area (TPSA) is 18.5 Å². The molecule has 0 aromatic rings. The Kier molecular flexibility index (Phi) is 4.70. The van der Waals surface area contributed by atoms with Crippen LogP contribution in [0.3, 0.4) is 0 Å². The van der Waals surface area contributed by atoms with Crippen LogP contribution in [0.5, 0.6) is 0 Å². The van der Waals surface area contributed by atoms with Crippen molar-refractivity contribution in [3.8, 4) is 0 Å². The van der Waals surface area contributed by atoms with Crippen LogP contribution in [-0.2, 0) is 9.47 Å². The predicted molar refractivity (Wildman–Crippen MR) is 52.2 cm³/mol. The summed E-state index contributed by atoms with van der Waals surface area (Å²) < 4.78 is 11.8. The second-order valence-electron chi connectivity index (χ2n) is 3.89.